The molecule has 90 valence electrons. The second kappa shape index (κ2) is 7.19. The minimum absolute atomic E-state index is 0.264. The van der Waals surface area contributed by atoms with Crippen LogP contribution >= 0.6 is 0 Å². The molecule has 0 amide bonds. The van der Waals surface area contributed by atoms with E-state index in [1.165, 1.54) is 6.07 Å². The van der Waals surface area contributed by atoms with Gasteiger partial charge in [-0.15, -0.1) is 0 Å². The maximum Gasteiger partial charge on any atom is 0.165 e. The van der Waals surface area contributed by atoms with Crippen molar-refractivity contribution in [3.8, 4) is 5.75 Å². The predicted molar refractivity (Wildman–Crippen MR) is 61.1 cm³/mol. The maximum atomic E-state index is 13.5. The fraction of sp³-hybridized carbons (Fsp3) is 0.500. The van der Waals surface area contributed by atoms with Crippen LogP contribution in [0.3, 0.4) is 0 Å². The lowest BCUT2D eigenvalue weighted by Crippen LogP contribution is -2.08. The summed E-state index contributed by atoms with van der Waals surface area (Å²) < 4.78 is 23.8. The molecule has 2 N–H and O–H groups in total. The van der Waals surface area contributed by atoms with Crippen LogP contribution in [0.25, 0.3) is 0 Å². The predicted octanol–water partition coefficient (Wildman–Crippen LogP) is 1.74. The molecule has 0 aromatic heterocycles. The van der Waals surface area contributed by atoms with E-state index in [4.69, 9.17) is 15.2 Å². The van der Waals surface area contributed by atoms with Gasteiger partial charge >= 0.3 is 0 Å². The standard InChI is InChI=1S/C12H18FNO2/c1-2-15-7-8-16-12-4-3-10(5-6-14)9-11(12)13/h3-4,9H,2,5-8,14H2,1H3. The first-order valence-electron chi connectivity index (χ1n) is 5.47. The van der Waals surface area contributed by atoms with Gasteiger partial charge in [0.05, 0.1) is 6.61 Å². The van der Waals surface area contributed by atoms with Gasteiger partial charge in [-0.25, -0.2) is 4.39 Å². The molecule has 3 nitrogen and oxygen atoms in total. The highest BCUT2D eigenvalue weighted by atomic mass is 19.1. The van der Waals surface area contributed by atoms with Crippen LogP contribution in [0.4, 0.5) is 4.39 Å². The Morgan fingerprint density at radius 1 is 1.31 bits per heavy atom. The number of benzene rings is 1. The van der Waals surface area contributed by atoms with Crippen LogP contribution in [-0.2, 0) is 11.2 Å². The van der Waals surface area contributed by atoms with E-state index in [-0.39, 0.29) is 11.6 Å². The van der Waals surface area contributed by atoms with Crippen LogP contribution < -0.4 is 10.5 Å². The quantitative estimate of drug-likeness (QED) is 0.722. The normalized spacial score (nSPS) is 10.4. The molecule has 0 spiro atoms. The van der Waals surface area contributed by atoms with E-state index in [0.717, 1.165) is 5.56 Å². The molecule has 0 radical (unpaired) electrons. The Balaban J connectivity index is 2.47. The van der Waals surface area contributed by atoms with Crippen LogP contribution in [0.15, 0.2) is 18.2 Å². The molecule has 0 bridgehead atoms. The zero-order valence-corrected chi connectivity index (χ0v) is 9.54. The molecule has 0 aliphatic rings. The summed E-state index contributed by atoms with van der Waals surface area (Å²) in [5, 5.41) is 0. The average Bonchev–Trinajstić information content (AvgIpc) is 2.27. The first-order chi connectivity index (χ1) is 7.77. The van der Waals surface area contributed by atoms with Crippen molar-refractivity contribution in [2.24, 2.45) is 5.73 Å². The van der Waals surface area contributed by atoms with Crippen molar-refractivity contribution < 1.29 is 13.9 Å². The van der Waals surface area contributed by atoms with E-state index in [2.05, 4.69) is 0 Å². The maximum absolute atomic E-state index is 13.5. The zero-order chi connectivity index (χ0) is 11.8. The van der Waals surface area contributed by atoms with Gasteiger partial charge in [0.15, 0.2) is 11.6 Å². The largest absolute Gasteiger partial charge is 0.488 e. The Labute approximate surface area is 95.4 Å². The third-order valence-electron chi connectivity index (χ3n) is 2.12. The van der Waals surface area contributed by atoms with Gasteiger partial charge in [-0.1, -0.05) is 6.07 Å². The number of hydrogen-bond acceptors (Lipinski definition) is 3. The van der Waals surface area contributed by atoms with Crippen LogP contribution in [0, 0.1) is 5.82 Å². The Hall–Kier alpha value is -1.13. The molecule has 0 aliphatic carbocycles. The average molecular weight is 227 g/mol. The van der Waals surface area contributed by atoms with Gasteiger partial charge in [0.1, 0.15) is 6.61 Å². The van der Waals surface area contributed by atoms with Gasteiger partial charge in [0.25, 0.3) is 0 Å². The molecule has 0 saturated carbocycles. The van der Waals surface area contributed by atoms with Gasteiger partial charge in [-0.3, -0.25) is 0 Å². The highest BCUT2D eigenvalue weighted by Crippen LogP contribution is 2.18. The van der Waals surface area contributed by atoms with Crippen molar-refractivity contribution in [3.63, 3.8) is 0 Å². The van der Waals surface area contributed by atoms with Crippen molar-refractivity contribution in [2.45, 2.75) is 13.3 Å². The molecule has 0 heterocycles. The fourth-order valence-electron chi connectivity index (χ4n) is 1.34. The molecule has 0 unspecified atom stereocenters. The van der Waals surface area contributed by atoms with E-state index in [1.54, 1.807) is 6.07 Å². The second-order valence-corrected chi connectivity index (χ2v) is 3.35. The molecule has 16 heavy (non-hydrogen) atoms. The Morgan fingerprint density at radius 2 is 2.12 bits per heavy atom. The minimum Gasteiger partial charge on any atom is -0.488 e. The SMILES string of the molecule is CCOCCOc1ccc(CCN)cc1F. The topological polar surface area (TPSA) is 44.5 Å². The van der Waals surface area contributed by atoms with E-state index < -0.39 is 0 Å². The molecule has 1 aromatic rings. The summed E-state index contributed by atoms with van der Waals surface area (Å²) in [6.45, 7) is 3.90. The molecular weight excluding hydrogens is 209 g/mol. The summed E-state index contributed by atoms with van der Waals surface area (Å²) in [6.07, 6.45) is 0.677. The van der Waals surface area contributed by atoms with E-state index in [0.29, 0.717) is 32.8 Å². The number of ether oxygens (including phenoxy) is 2. The monoisotopic (exact) mass is 227 g/mol. The molecule has 1 rings (SSSR count). The highest BCUT2D eigenvalue weighted by Gasteiger charge is 2.04. The molecule has 1 aromatic carbocycles. The first kappa shape index (κ1) is 12.9. The van der Waals surface area contributed by atoms with E-state index in [9.17, 15) is 4.39 Å². The number of nitrogens with two attached hydrogens (primary N) is 1. The van der Waals surface area contributed by atoms with Crippen molar-refractivity contribution >= 4 is 0 Å². The molecule has 0 atom stereocenters. The van der Waals surface area contributed by atoms with E-state index >= 15 is 0 Å². The lowest BCUT2D eigenvalue weighted by atomic mass is 10.1. The minimum atomic E-state index is -0.345. The molecule has 4 heteroatoms. The summed E-state index contributed by atoms with van der Waals surface area (Å²) in [5.41, 5.74) is 6.28. The Kier molecular flexibility index (Phi) is 5.82. The first-order valence-corrected chi connectivity index (χ1v) is 5.47. The van der Waals surface area contributed by atoms with Gasteiger partial charge < -0.3 is 15.2 Å². The Morgan fingerprint density at radius 3 is 2.75 bits per heavy atom. The Bertz CT molecular complexity index is 318. The summed E-state index contributed by atoms with van der Waals surface area (Å²) >= 11 is 0. The summed E-state index contributed by atoms with van der Waals surface area (Å²) in [4.78, 5) is 0. The van der Waals surface area contributed by atoms with Crippen molar-refractivity contribution in [1.29, 1.82) is 0 Å². The van der Waals surface area contributed by atoms with Gasteiger partial charge in [0.2, 0.25) is 0 Å². The zero-order valence-electron chi connectivity index (χ0n) is 9.54. The third kappa shape index (κ3) is 4.16. The molecule has 0 saturated heterocycles. The van der Waals surface area contributed by atoms with Gasteiger partial charge in [0, 0.05) is 6.61 Å². The van der Waals surface area contributed by atoms with Crippen LogP contribution in [0.1, 0.15) is 12.5 Å². The van der Waals surface area contributed by atoms with Crippen LogP contribution in [0.5, 0.6) is 5.75 Å². The van der Waals surface area contributed by atoms with Crippen molar-refractivity contribution in [3.05, 3.63) is 29.6 Å². The summed E-state index contributed by atoms with van der Waals surface area (Å²) in [6, 6.07) is 4.92. The number of rotatable bonds is 7. The third-order valence-corrected chi connectivity index (χ3v) is 2.12. The van der Waals surface area contributed by atoms with Gasteiger partial charge in [-0.05, 0) is 37.6 Å². The second-order valence-electron chi connectivity index (χ2n) is 3.35. The fourth-order valence-corrected chi connectivity index (χ4v) is 1.34. The van der Waals surface area contributed by atoms with Crippen molar-refractivity contribution in [1.82, 2.24) is 0 Å². The lowest BCUT2D eigenvalue weighted by molar-refractivity contribution is 0.108. The van der Waals surface area contributed by atoms with E-state index in [1.807, 2.05) is 13.0 Å². The lowest BCUT2D eigenvalue weighted by Gasteiger charge is -2.08. The number of hydrogen-bond donors (Lipinski definition) is 1. The summed E-state index contributed by atoms with van der Waals surface area (Å²) in [7, 11) is 0. The molecule has 0 aliphatic heterocycles. The number of halogens is 1. The summed E-state index contributed by atoms with van der Waals surface area (Å²) in [5.74, 6) is -0.0806. The molecule has 0 fully saturated rings. The smallest absolute Gasteiger partial charge is 0.165 e. The van der Waals surface area contributed by atoms with Crippen molar-refractivity contribution in [2.75, 3.05) is 26.4 Å². The molecular formula is C12H18FNO2. The van der Waals surface area contributed by atoms with Gasteiger partial charge in [-0.2, -0.15) is 0 Å². The van der Waals surface area contributed by atoms with Crippen LogP contribution in [0.2, 0.25) is 0 Å². The van der Waals surface area contributed by atoms with Crippen LogP contribution in [-0.4, -0.2) is 26.4 Å². The highest BCUT2D eigenvalue weighted by molar-refractivity contribution is 5.29.